The van der Waals surface area contributed by atoms with Gasteiger partial charge in [0, 0.05) is 24.4 Å². The lowest BCUT2D eigenvalue weighted by atomic mass is 9.96. The Hall–Kier alpha value is -1.92. The number of aromatic nitrogens is 3. The Bertz CT molecular complexity index is 473. The Labute approximate surface area is 118 Å². The van der Waals surface area contributed by atoms with E-state index in [2.05, 4.69) is 25.8 Å². The highest BCUT2D eigenvalue weighted by molar-refractivity contribution is 5.90. The van der Waals surface area contributed by atoms with Crippen LogP contribution in [0.2, 0.25) is 0 Å². The maximum atomic E-state index is 11.8. The molecule has 7 heteroatoms. The zero-order chi connectivity index (χ0) is 15.3. The van der Waals surface area contributed by atoms with Gasteiger partial charge in [-0.1, -0.05) is 20.8 Å². The summed E-state index contributed by atoms with van der Waals surface area (Å²) in [5.74, 6) is 0.277. The Morgan fingerprint density at radius 1 is 1.30 bits per heavy atom. The second-order valence-corrected chi connectivity index (χ2v) is 5.99. The van der Waals surface area contributed by atoms with Gasteiger partial charge in [0.15, 0.2) is 0 Å². The molecule has 0 aromatic carbocycles. The molecule has 1 heterocycles. The lowest BCUT2D eigenvalue weighted by Crippen LogP contribution is -2.34. The van der Waals surface area contributed by atoms with Crippen molar-refractivity contribution < 1.29 is 9.59 Å². The molecule has 0 atom stereocenters. The molecule has 3 N–H and O–H groups in total. The summed E-state index contributed by atoms with van der Waals surface area (Å²) in [6.07, 6.45) is 0.237. The lowest BCUT2D eigenvalue weighted by molar-refractivity contribution is -0.121. The molecule has 1 rings (SSSR count). The third-order valence-corrected chi connectivity index (χ3v) is 2.49. The van der Waals surface area contributed by atoms with Crippen molar-refractivity contribution in [2.24, 2.45) is 0 Å². The number of amides is 2. The molecular weight excluding hydrogens is 258 g/mol. The van der Waals surface area contributed by atoms with Crippen LogP contribution < -0.4 is 10.6 Å². The monoisotopic (exact) mass is 281 g/mol. The molecule has 0 radical (unpaired) electrons. The van der Waals surface area contributed by atoms with Gasteiger partial charge in [-0.2, -0.15) is 0 Å². The number of carbonyl (C=O) groups is 2. The molecule has 1 aromatic rings. The fourth-order valence-electron chi connectivity index (χ4n) is 1.46. The van der Waals surface area contributed by atoms with Crippen LogP contribution in [0.25, 0.3) is 0 Å². The van der Waals surface area contributed by atoms with Gasteiger partial charge in [0.05, 0.1) is 0 Å². The highest BCUT2D eigenvalue weighted by atomic mass is 16.2. The van der Waals surface area contributed by atoms with Gasteiger partial charge in [-0.05, 0) is 13.8 Å². The highest BCUT2D eigenvalue weighted by Gasteiger charge is 2.21. The Morgan fingerprint density at radius 3 is 2.45 bits per heavy atom. The van der Waals surface area contributed by atoms with Crippen molar-refractivity contribution in [3.63, 3.8) is 0 Å². The second kappa shape index (κ2) is 6.49. The van der Waals surface area contributed by atoms with E-state index < -0.39 is 0 Å². The standard InChI is InChI=1S/C13H23N5O2/c1-8(2)15-9(19)6-7-14-11(20)10-16-12(18-17-10)13(3,4)5/h8H,6-7H2,1-5H3,(H,14,20)(H,15,19)(H,16,17,18). The Kier molecular flexibility index (Phi) is 5.24. The first-order chi connectivity index (χ1) is 9.20. The molecule has 0 aliphatic rings. The van der Waals surface area contributed by atoms with Crippen LogP contribution in [0.15, 0.2) is 0 Å². The molecular formula is C13H23N5O2. The van der Waals surface area contributed by atoms with Crippen molar-refractivity contribution >= 4 is 11.8 Å². The topological polar surface area (TPSA) is 99.8 Å². The third kappa shape index (κ3) is 4.99. The molecule has 0 aliphatic carbocycles. The number of H-pyrrole nitrogens is 1. The summed E-state index contributed by atoms with van der Waals surface area (Å²) < 4.78 is 0. The Morgan fingerprint density at radius 2 is 1.95 bits per heavy atom. The SMILES string of the molecule is CC(C)NC(=O)CCNC(=O)c1n[nH]c(C(C)(C)C)n1. The van der Waals surface area contributed by atoms with E-state index >= 15 is 0 Å². The third-order valence-electron chi connectivity index (χ3n) is 2.49. The average Bonchev–Trinajstić information content (AvgIpc) is 2.76. The minimum absolute atomic E-state index is 0.0920. The first kappa shape index (κ1) is 16.1. The normalized spacial score (nSPS) is 11.5. The van der Waals surface area contributed by atoms with Crippen LogP contribution in [0.4, 0.5) is 0 Å². The molecule has 0 saturated heterocycles. The first-order valence-electron chi connectivity index (χ1n) is 6.70. The van der Waals surface area contributed by atoms with Crippen molar-refractivity contribution in [1.29, 1.82) is 0 Å². The minimum atomic E-state index is -0.380. The zero-order valence-corrected chi connectivity index (χ0v) is 12.7. The van der Waals surface area contributed by atoms with Crippen LogP contribution in [0.1, 0.15) is 57.5 Å². The average molecular weight is 281 g/mol. The van der Waals surface area contributed by atoms with Crippen molar-refractivity contribution in [3.8, 4) is 0 Å². The molecule has 0 spiro atoms. The number of rotatable bonds is 5. The molecule has 0 unspecified atom stereocenters. The van der Waals surface area contributed by atoms with Crippen molar-refractivity contribution in [3.05, 3.63) is 11.6 Å². The van der Waals surface area contributed by atoms with Crippen LogP contribution in [-0.2, 0) is 10.2 Å². The Balaban J connectivity index is 2.44. The van der Waals surface area contributed by atoms with Gasteiger partial charge in [-0.15, -0.1) is 5.10 Å². The minimum Gasteiger partial charge on any atom is -0.354 e. The van der Waals surface area contributed by atoms with Crippen molar-refractivity contribution in [2.45, 2.75) is 52.5 Å². The number of nitrogens with one attached hydrogen (secondary N) is 3. The molecule has 0 aliphatic heterocycles. The van der Waals surface area contributed by atoms with Gasteiger partial charge in [0.1, 0.15) is 5.82 Å². The van der Waals surface area contributed by atoms with Crippen LogP contribution in [0.5, 0.6) is 0 Å². The van der Waals surface area contributed by atoms with Crippen LogP contribution in [0, 0.1) is 0 Å². The smallest absolute Gasteiger partial charge is 0.290 e. The van der Waals surface area contributed by atoms with E-state index in [9.17, 15) is 9.59 Å². The van der Waals surface area contributed by atoms with E-state index in [1.807, 2.05) is 34.6 Å². The van der Waals surface area contributed by atoms with Gasteiger partial charge in [-0.3, -0.25) is 14.7 Å². The zero-order valence-electron chi connectivity index (χ0n) is 12.7. The van der Waals surface area contributed by atoms with E-state index in [4.69, 9.17) is 0 Å². The van der Waals surface area contributed by atoms with Crippen LogP contribution >= 0.6 is 0 Å². The van der Waals surface area contributed by atoms with Gasteiger partial charge in [0.25, 0.3) is 5.91 Å². The maximum absolute atomic E-state index is 11.8. The molecule has 0 saturated carbocycles. The highest BCUT2D eigenvalue weighted by Crippen LogP contribution is 2.17. The molecule has 1 aromatic heterocycles. The fourth-order valence-corrected chi connectivity index (χ4v) is 1.46. The molecule has 2 amide bonds. The number of hydrogen-bond donors (Lipinski definition) is 3. The van der Waals surface area contributed by atoms with Crippen molar-refractivity contribution in [2.75, 3.05) is 6.54 Å². The van der Waals surface area contributed by atoms with Gasteiger partial charge < -0.3 is 10.6 Å². The molecule has 112 valence electrons. The molecule has 7 nitrogen and oxygen atoms in total. The number of aromatic amines is 1. The summed E-state index contributed by atoms with van der Waals surface area (Å²) in [5, 5.41) is 12.0. The van der Waals surface area contributed by atoms with E-state index in [-0.39, 0.29) is 42.1 Å². The summed E-state index contributed by atoms with van der Waals surface area (Å²) in [6.45, 7) is 9.97. The van der Waals surface area contributed by atoms with Crippen molar-refractivity contribution in [1.82, 2.24) is 25.8 Å². The number of carbonyl (C=O) groups excluding carboxylic acids is 2. The fraction of sp³-hybridized carbons (Fsp3) is 0.692. The van der Waals surface area contributed by atoms with Crippen LogP contribution in [0.3, 0.4) is 0 Å². The summed E-state index contributed by atoms with van der Waals surface area (Å²) in [7, 11) is 0. The summed E-state index contributed by atoms with van der Waals surface area (Å²) in [5.41, 5.74) is -0.192. The molecule has 0 bridgehead atoms. The predicted molar refractivity (Wildman–Crippen MR) is 75.3 cm³/mol. The van der Waals surface area contributed by atoms with Gasteiger partial charge >= 0.3 is 0 Å². The largest absolute Gasteiger partial charge is 0.354 e. The van der Waals surface area contributed by atoms with Crippen LogP contribution in [-0.4, -0.2) is 39.6 Å². The van der Waals surface area contributed by atoms with E-state index in [1.165, 1.54) is 0 Å². The summed E-state index contributed by atoms with van der Waals surface area (Å²) >= 11 is 0. The lowest BCUT2D eigenvalue weighted by Gasteiger charge is -2.12. The van der Waals surface area contributed by atoms with E-state index in [1.54, 1.807) is 0 Å². The number of nitrogens with zero attached hydrogens (tertiary/aromatic N) is 2. The molecule has 20 heavy (non-hydrogen) atoms. The first-order valence-corrected chi connectivity index (χ1v) is 6.70. The molecule has 0 fully saturated rings. The number of hydrogen-bond acceptors (Lipinski definition) is 4. The second-order valence-electron chi connectivity index (χ2n) is 5.99. The van der Waals surface area contributed by atoms with E-state index in [0.717, 1.165) is 0 Å². The van der Waals surface area contributed by atoms with Gasteiger partial charge in [0.2, 0.25) is 11.7 Å². The van der Waals surface area contributed by atoms with Gasteiger partial charge in [-0.25, -0.2) is 4.98 Å². The summed E-state index contributed by atoms with van der Waals surface area (Å²) in [4.78, 5) is 27.4. The van der Waals surface area contributed by atoms with E-state index in [0.29, 0.717) is 5.82 Å². The predicted octanol–water partition coefficient (Wildman–Crippen LogP) is 0.747. The quantitative estimate of drug-likeness (QED) is 0.741. The maximum Gasteiger partial charge on any atom is 0.290 e. The summed E-state index contributed by atoms with van der Waals surface area (Å²) in [6, 6.07) is 0.0977.